The summed E-state index contributed by atoms with van der Waals surface area (Å²) in [6.45, 7) is 0. The van der Waals surface area contributed by atoms with Crippen molar-refractivity contribution in [3.05, 3.63) is 249 Å². The maximum absolute atomic E-state index is 5.42. The van der Waals surface area contributed by atoms with Crippen molar-refractivity contribution in [2.45, 2.75) is 0 Å². The van der Waals surface area contributed by atoms with Crippen LogP contribution < -0.4 is 0 Å². The average molecular weight is 868 g/mol. The van der Waals surface area contributed by atoms with Crippen LogP contribution >= 0.6 is 0 Å². The Morgan fingerprint density at radius 3 is 1.28 bits per heavy atom. The standard InChI is InChI=1S/C63H41N5/c1-4-18-42(19-5-1)47-24-16-25-48(40-47)49-26-17-27-50(41-49)67-57-32-14-12-30-53(57)55-38-39-56-54-31-13-15-33-58(54)68(60(56)59(55)67)63-65-61(45-22-8-3-9-23-45)64-62(66-63)46-36-34-44(35-37-46)52-29-11-10-28-51(52)43-20-6-2-7-21-43/h1-41H. The second-order valence-corrected chi connectivity index (χ2v) is 17.2. The molecule has 0 atom stereocenters. The lowest BCUT2D eigenvalue weighted by molar-refractivity contribution is 0.953. The first-order chi connectivity index (χ1) is 33.7. The number of benzene rings is 10. The maximum Gasteiger partial charge on any atom is 0.238 e. The predicted octanol–water partition coefficient (Wildman–Crippen LogP) is 16.1. The van der Waals surface area contributed by atoms with Gasteiger partial charge in [-0.15, -0.1) is 0 Å². The van der Waals surface area contributed by atoms with E-state index in [0.717, 1.165) is 71.7 Å². The predicted molar refractivity (Wildman–Crippen MR) is 281 cm³/mol. The molecular weight excluding hydrogens is 827 g/mol. The van der Waals surface area contributed by atoms with Gasteiger partial charge < -0.3 is 4.57 Å². The molecule has 3 aromatic heterocycles. The molecule has 5 nitrogen and oxygen atoms in total. The minimum absolute atomic E-state index is 0.550. The fourth-order valence-corrected chi connectivity index (χ4v) is 10.0. The first kappa shape index (κ1) is 39.2. The van der Waals surface area contributed by atoms with Crippen LogP contribution in [-0.2, 0) is 0 Å². The van der Waals surface area contributed by atoms with Gasteiger partial charge in [0.05, 0.1) is 22.1 Å². The van der Waals surface area contributed by atoms with E-state index in [1.54, 1.807) is 0 Å². The second-order valence-electron chi connectivity index (χ2n) is 17.2. The van der Waals surface area contributed by atoms with E-state index in [0.29, 0.717) is 17.6 Å². The summed E-state index contributed by atoms with van der Waals surface area (Å²) in [5, 5.41) is 4.57. The topological polar surface area (TPSA) is 48.5 Å². The van der Waals surface area contributed by atoms with E-state index in [2.05, 4.69) is 240 Å². The molecule has 0 fully saturated rings. The Morgan fingerprint density at radius 1 is 0.250 bits per heavy atom. The fourth-order valence-electron chi connectivity index (χ4n) is 10.0. The zero-order chi connectivity index (χ0) is 45.0. The highest BCUT2D eigenvalue weighted by molar-refractivity contribution is 6.23. The molecule has 0 aliphatic rings. The van der Waals surface area contributed by atoms with E-state index in [-0.39, 0.29) is 0 Å². The van der Waals surface area contributed by atoms with Gasteiger partial charge in [0.25, 0.3) is 0 Å². The van der Waals surface area contributed by atoms with Crippen LogP contribution in [0.1, 0.15) is 0 Å². The van der Waals surface area contributed by atoms with Gasteiger partial charge in [-0.25, -0.2) is 4.98 Å². The largest absolute Gasteiger partial charge is 0.307 e. The average Bonchev–Trinajstić information content (AvgIpc) is 3.95. The van der Waals surface area contributed by atoms with Gasteiger partial charge >= 0.3 is 0 Å². The molecule has 13 aromatic rings. The zero-order valence-corrected chi connectivity index (χ0v) is 36.9. The Hall–Kier alpha value is -9.19. The normalized spacial score (nSPS) is 11.5. The van der Waals surface area contributed by atoms with Crippen LogP contribution in [0.15, 0.2) is 249 Å². The molecule has 68 heavy (non-hydrogen) atoms. The van der Waals surface area contributed by atoms with Gasteiger partial charge in [-0.05, 0) is 74.8 Å². The first-order valence-electron chi connectivity index (χ1n) is 23.0. The van der Waals surface area contributed by atoms with Gasteiger partial charge in [0.15, 0.2) is 11.6 Å². The molecule has 0 bridgehead atoms. The molecule has 0 spiro atoms. The monoisotopic (exact) mass is 867 g/mol. The number of hydrogen-bond acceptors (Lipinski definition) is 3. The smallest absolute Gasteiger partial charge is 0.238 e. The van der Waals surface area contributed by atoms with Gasteiger partial charge in [0, 0.05) is 38.4 Å². The molecule has 0 saturated carbocycles. The summed E-state index contributed by atoms with van der Waals surface area (Å²) in [6.07, 6.45) is 0. The van der Waals surface area contributed by atoms with Crippen molar-refractivity contribution in [3.63, 3.8) is 0 Å². The van der Waals surface area contributed by atoms with Crippen molar-refractivity contribution in [1.82, 2.24) is 24.1 Å². The lowest BCUT2D eigenvalue weighted by Crippen LogP contribution is -2.07. The Balaban J connectivity index is 1.03. The molecule has 0 radical (unpaired) electrons. The molecule has 0 amide bonds. The quantitative estimate of drug-likeness (QED) is 0.153. The molecular formula is C63H41N5. The van der Waals surface area contributed by atoms with Crippen LogP contribution in [0.5, 0.6) is 0 Å². The lowest BCUT2D eigenvalue weighted by atomic mass is 9.94. The number of para-hydroxylation sites is 2. The van der Waals surface area contributed by atoms with Gasteiger partial charge in [-0.3, -0.25) is 4.57 Å². The minimum atomic E-state index is 0.550. The van der Waals surface area contributed by atoms with Crippen molar-refractivity contribution in [2.75, 3.05) is 0 Å². The highest BCUT2D eigenvalue weighted by atomic mass is 15.2. The van der Waals surface area contributed by atoms with Crippen molar-refractivity contribution >= 4 is 43.6 Å². The minimum Gasteiger partial charge on any atom is -0.307 e. The fraction of sp³-hybridized carbons (Fsp3) is 0. The molecule has 5 heteroatoms. The summed E-state index contributed by atoms with van der Waals surface area (Å²) in [5.41, 5.74) is 16.5. The number of rotatable bonds is 8. The molecule has 0 N–H and O–H groups in total. The van der Waals surface area contributed by atoms with Gasteiger partial charge in [-0.2, -0.15) is 9.97 Å². The summed E-state index contributed by atoms with van der Waals surface area (Å²) in [4.78, 5) is 16.0. The molecule has 0 aliphatic heterocycles. The lowest BCUT2D eigenvalue weighted by Gasteiger charge is -2.14. The van der Waals surface area contributed by atoms with Crippen LogP contribution in [0.25, 0.3) is 123 Å². The van der Waals surface area contributed by atoms with Gasteiger partial charge in [0.1, 0.15) is 0 Å². The third kappa shape index (κ3) is 6.68. The number of fused-ring (bicyclic) bond motifs is 7. The zero-order valence-electron chi connectivity index (χ0n) is 36.9. The Bertz CT molecular complexity index is 4000. The highest BCUT2D eigenvalue weighted by Gasteiger charge is 2.24. The molecule has 10 aromatic carbocycles. The summed E-state index contributed by atoms with van der Waals surface area (Å²) in [5.74, 6) is 1.75. The third-order valence-electron chi connectivity index (χ3n) is 13.2. The molecule has 0 saturated heterocycles. The van der Waals surface area contributed by atoms with E-state index in [4.69, 9.17) is 15.0 Å². The highest BCUT2D eigenvalue weighted by Crippen LogP contribution is 2.42. The van der Waals surface area contributed by atoms with E-state index in [1.807, 2.05) is 18.2 Å². The van der Waals surface area contributed by atoms with E-state index in [1.165, 1.54) is 33.2 Å². The van der Waals surface area contributed by atoms with Crippen LogP contribution in [-0.4, -0.2) is 24.1 Å². The molecule has 3 heterocycles. The molecule has 0 unspecified atom stereocenters. The van der Waals surface area contributed by atoms with Crippen LogP contribution in [0.2, 0.25) is 0 Å². The summed E-state index contributed by atoms with van der Waals surface area (Å²) in [7, 11) is 0. The Kier molecular flexibility index (Phi) is 9.43. The van der Waals surface area contributed by atoms with E-state index in [9.17, 15) is 0 Å². The molecule has 0 aliphatic carbocycles. The van der Waals surface area contributed by atoms with Crippen LogP contribution in [0, 0.1) is 0 Å². The Labute approximate surface area is 393 Å². The third-order valence-corrected chi connectivity index (χ3v) is 13.2. The van der Waals surface area contributed by atoms with Crippen molar-refractivity contribution in [1.29, 1.82) is 0 Å². The van der Waals surface area contributed by atoms with E-state index < -0.39 is 0 Å². The first-order valence-corrected chi connectivity index (χ1v) is 23.0. The van der Waals surface area contributed by atoms with Crippen LogP contribution in [0.3, 0.4) is 0 Å². The van der Waals surface area contributed by atoms with E-state index >= 15 is 0 Å². The molecule has 318 valence electrons. The Morgan fingerprint density at radius 2 is 0.662 bits per heavy atom. The van der Waals surface area contributed by atoms with Gasteiger partial charge in [0.2, 0.25) is 5.95 Å². The second kappa shape index (κ2) is 16.4. The molecule has 13 rings (SSSR count). The maximum atomic E-state index is 5.42. The van der Waals surface area contributed by atoms with Crippen molar-refractivity contribution in [2.24, 2.45) is 0 Å². The van der Waals surface area contributed by atoms with Crippen molar-refractivity contribution in [3.8, 4) is 78.9 Å². The summed E-state index contributed by atoms with van der Waals surface area (Å²) < 4.78 is 4.69. The number of hydrogen-bond donors (Lipinski definition) is 0. The van der Waals surface area contributed by atoms with Gasteiger partial charge in [-0.1, -0.05) is 218 Å². The van der Waals surface area contributed by atoms with Crippen LogP contribution in [0.4, 0.5) is 0 Å². The number of nitrogens with zero attached hydrogens (tertiary/aromatic N) is 5. The SMILES string of the molecule is c1ccc(-c2cccc(-c3cccc(-n4c5ccccc5c5ccc6c7ccccc7n(-c7nc(-c8ccccc8)nc(-c8ccc(-c9ccccc9-c9ccccc9)cc8)n7)c6c54)c3)c2)cc1. The summed E-state index contributed by atoms with van der Waals surface area (Å²) >= 11 is 0. The summed E-state index contributed by atoms with van der Waals surface area (Å²) in [6, 6.07) is 88.2. The number of aromatic nitrogens is 5. The van der Waals surface area contributed by atoms with Crippen molar-refractivity contribution < 1.29 is 0 Å².